The SMILES string of the molecule is COC(=O)/C=C/CCNC(=O)c1cc(C)cc(OC)c1O. The molecule has 0 radical (unpaired) electrons. The number of carbonyl (C=O) groups excluding carboxylic acids is 2. The molecule has 0 aliphatic carbocycles. The minimum atomic E-state index is -0.442. The highest BCUT2D eigenvalue weighted by Crippen LogP contribution is 2.31. The maximum absolute atomic E-state index is 12.0. The quantitative estimate of drug-likeness (QED) is 0.472. The Bertz CT molecular complexity index is 551. The van der Waals surface area contributed by atoms with Crippen LogP contribution in [-0.4, -0.2) is 37.7 Å². The molecule has 0 bridgehead atoms. The van der Waals surface area contributed by atoms with Gasteiger partial charge in [0.15, 0.2) is 11.5 Å². The molecule has 0 aliphatic rings. The summed E-state index contributed by atoms with van der Waals surface area (Å²) in [5.41, 5.74) is 0.962. The van der Waals surface area contributed by atoms with Crippen molar-refractivity contribution in [3.8, 4) is 11.5 Å². The van der Waals surface area contributed by atoms with Crippen LogP contribution in [0.2, 0.25) is 0 Å². The molecular formula is C15H19NO5. The van der Waals surface area contributed by atoms with Crippen molar-refractivity contribution in [1.29, 1.82) is 0 Å². The maximum atomic E-state index is 12.0. The minimum absolute atomic E-state index is 0.156. The van der Waals surface area contributed by atoms with Gasteiger partial charge in [0.2, 0.25) is 0 Å². The van der Waals surface area contributed by atoms with Crippen molar-refractivity contribution in [2.24, 2.45) is 0 Å². The Hall–Kier alpha value is -2.50. The number of nitrogens with one attached hydrogen (secondary N) is 1. The average molecular weight is 293 g/mol. The topological polar surface area (TPSA) is 84.9 Å². The second-order valence-electron chi connectivity index (χ2n) is 4.33. The van der Waals surface area contributed by atoms with E-state index in [-0.39, 0.29) is 17.1 Å². The van der Waals surface area contributed by atoms with Gasteiger partial charge in [0, 0.05) is 12.6 Å². The fraction of sp³-hybridized carbons (Fsp3) is 0.333. The van der Waals surface area contributed by atoms with Gasteiger partial charge in [0.25, 0.3) is 5.91 Å². The van der Waals surface area contributed by atoms with Crippen LogP contribution in [0.4, 0.5) is 0 Å². The number of hydrogen-bond donors (Lipinski definition) is 2. The smallest absolute Gasteiger partial charge is 0.330 e. The first kappa shape index (κ1) is 16.6. The number of ether oxygens (including phenoxy) is 2. The Balaban J connectivity index is 2.62. The molecule has 0 saturated carbocycles. The fourth-order valence-electron chi connectivity index (χ4n) is 1.69. The number of aromatic hydroxyl groups is 1. The molecule has 0 unspecified atom stereocenters. The van der Waals surface area contributed by atoms with E-state index in [0.717, 1.165) is 5.56 Å². The molecule has 0 heterocycles. The molecule has 0 aromatic heterocycles. The Morgan fingerprint density at radius 2 is 2.05 bits per heavy atom. The highest BCUT2D eigenvalue weighted by atomic mass is 16.5. The van der Waals surface area contributed by atoms with Crippen molar-refractivity contribution in [1.82, 2.24) is 5.32 Å². The molecule has 1 aromatic rings. The zero-order valence-corrected chi connectivity index (χ0v) is 12.3. The summed E-state index contributed by atoms with van der Waals surface area (Å²) in [5, 5.41) is 12.6. The van der Waals surface area contributed by atoms with Gasteiger partial charge >= 0.3 is 5.97 Å². The lowest BCUT2D eigenvalue weighted by atomic mass is 10.1. The highest BCUT2D eigenvalue weighted by Gasteiger charge is 2.15. The summed E-state index contributed by atoms with van der Waals surface area (Å²) in [6, 6.07) is 3.22. The molecule has 0 saturated heterocycles. The summed E-state index contributed by atoms with van der Waals surface area (Å²) < 4.78 is 9.45. The zero-order chi connectivity index (χ0) is 15.8. The third kappa shape index (κ3) is 4.83. The van der Waals surface area contributed by atoms with E-state index in [1.807, 2.05) is 0 Å². The van der Waals surface area contributed by atoms with E-state index >= 15 is 0 Å². The van der Waals surface area contributed by atoms with Crippen molar-refractivity contribution < 1.29 is 24.2 Å². The molecule has 21 heavy (non-hydrogen) atoms. The van der Waals surface area contributed by atoms with Gasteiger partial charge in [-0.3, -0.25) is 4.79 Å². The van der Waals surface area contributed by atoms with Gasteiger partial charge in [-0.1, -0.05) is 6.08 Å². The second kappa shape index (κ2) is 7.94. The number of amides is 1. The first-order valence-corrected chi connectivity index (χ1v) is 6.40. The summed E-state index contributed by atoms with van der Waals surface area (Å²) in [4.78, 5) is 22.8. The number of methoxy groups -OCH3 is 2. The third-order valence-corrected chi connectivity index (χ3v) is 2.74. The van der Waals surface area contributed by atoms with Gasteiger partial charge in [-0.05, 0) is 31.0 Å². The van der Waals surface area contributed by atoms with Crippen LogP contribution in [0.15, 0.2) is 24.3 Å². The van der Waals surface area contributed by atoms with Crippen LogP contribution in [0.3, 0.4) is 0 Å². The molecule has 2 N–H and O–H groups in total. The monoisotopic (exact) mass is 293 g/mol. The molecule has 1 rings (SSSR count). The van der Waals surface area contributed by atoms with Crippen LogP contribution in [0, 0.1) is 6.92 Å². The Labute approximate surface area is 123 Å². The molecule has 114 valence electrons. The van der Waals surface area contributed by atoms with Crippen LogP contribution in [0.25, 0.3) is 0 Å². The number of rotatable bonds is 6. The van der Waals surface area contributed by atoms with E-state index in [4.69, 9.17) is 4.74 Å². The van der Waals surface area contributed by atoms with Gasteiger partial charge in [-0.15, -0.1) is 0 Å². The number of hydrogen-bond acceptors (Lipinski definition) is 5. The lowest BCUT2D eigenvalue weighted by Gasteiger charge is -2.10. The van der Waals surface area contributed by atoms with Gasteiger partial charge in [-0.2, -0.15) is 0 Å². The second-order valence-corrected chi connectivity index (χ2v) is 4.33. The van der Waals surface area contributed by atoms with Gasteiger partial charge < -0.3 is 19.9 Å². The predicted molar refractivity (Wildman–Crippen MR) is 77.5 cm³/mol. The third-order valence-electron chi connectivity index (χ3n) is 2.74. The van der Waals surface area contributed by atoms with E-state index in [2.05, 4.69) is 10.1 Å². The Kier molecular flexibility index (Phi) is 6.26. The first-order chi connectivity index (χ1) is 9.99. The van der Waals surface area contributed by atoms with Crippen molar-refractivity contribution in [2.75, 3.05) is 20.8 Å². The number of benzene rings is 1. The van der Waals surface area contributed by atoms with Gasteiger partial charge in [0.05, 0.1) is 19.8 Å². The Morgan fingerprint density at radius 3 is 2.67 bits per heavy atom. The van der Waals surface area contributed by atoms with E-state index in [1.165, 1.54) is 20.3 Å². The van der Waals surface area contributed by atoms with Crippen LogP contribution in [0.1, 0.15) is 22.3 Å². The number of phenolic OH excluding ortho intramolecular Hbond substituents is 1. The normalized spacial score (nSPS) is 10.4. The molecule has 6 nitrogen and oxygen atoms in total. The standard InChI is InChI=1S/C15H19NO5/c1-10-8-11(14(18)12(9-10)20-2)15(19)16-7-5-4-6-13(17)21-3/h4,6,8-9,18H,5,7H2,1-3H3,(H,16,19)/b6-4+. The molecule has 0 aliphatic heterocycles. The zero-order valence-electron chi connectivity index (χ0n) is 12.3. The molecule has 6 heteroatoms. The fourth-order valence-corrected chi connectivity index (χ4v) is 1.69. The molecule has 1 aromatic carbocycles. The maximum Gasteiger partial charge on any atom is 0.330 e. The molecule has 0 atom stereocenters. The predicted octanol–water partition coefficient (Wildman–Crippen LogP) is 1.56. The lowest BCUT2D eigenvalue weighted by molar-refractivity contribution is -0.134. The van der Waals surface area contributed by atoms with Crippen LogP contribution < -0.4 is 10.1 Å². The van der Waals surface area contributed by atoms with Crippen LogP contribution in [0.5, 0.6) is 11.5 Å². The molecule has 0 fully saturated rings. The molecular weight excluding hydrogens is 274 g/mol. The molecule has 1 amide bonds. The van der Waals surface area contributed by atoms with Crippen LogP contribution in [-0.2, 0) is 9.53 Å². The van der Waals surface area contributed by atoms with Crippen LogP contribution >= 0.6 is 0 Å². The van der Waals surface area contributed by atoms with Crippen molar-refractivity contribution >= 4 is 11.9 Å². The van der Waals surface area contributed by atoms with Crippen molar-refractivity contribution in [3.05, 3.63) is 35.4 Å². The van der Waals surface area contributed by atoms with Crippen molar-refractivity contribution in [3.63, 3.8) is 0 Å². The first-order valence-electron chi connectivity index (χ1n) is 6.40. The summed E-state index contributed by atoms with van der Waals surface area (Å²) in [6.07, 6.45) is 3.37. The van der Waals surface area contributed by atoms with E-state index in [0.29, 0.717) is 13.0 Å². The van der Waals surface area contributed by atoms with E-state index in [1.54, 1.807) is 25.1 Å². The van der Waals surface area contributed by atoms with E-state index in [9.17, 15) is 14.7 Å². The van der Waals surface area contributed by atoms with Gasteiger partial charge in [0.1, 0.15) is 0 Å². The average Bonchev–Trinajstić information content (AvgIpc) is 2.48. The Morgan fingerprint density at radius 1 is 1.33 bits per heavy atom. The number of phenols is 1. The summed E-state index contributed by atoms with van der Waals surface area (Å²) in [5.74, 6) is -0.778. The number of esters is 1. The summed E-state index contributed by atoms with van der Waals surface area (Å²) in [6.45, 7) is 2.14. The van der Waals surface area contributed by atoms with E-state index < -0.39 is 11.9 Å². The molecule has 0 spiro atoms. The highest BCUT2D eigenvalue weighted by molar-refractivity contribution is 5.97. The van der Waals surface area contributed by atoms with Gasteiger partial charge in [-0.25, -0.2) is 4.79 Å². The summed E-state index contributed by atoms with van der Waals surface area (Å²) in [7, 11) is 2.72. The number of aryl methyl sites for hydroxylation is 1. The number of carbonyl (C=O) groups is 2. The summed E-state index contributed by atoms with van der Waals surface area (Å²) >= 11 is 0. The minimum Gasteiger partial charge on any atom is -0.504 e. The largest absolute Gasteiger partial charge is 0.504 e. The van der Waals surface area contributed by atoms with Crippen molar-refractivity contribution in [2.45, 2.75) is 13.3 Å². The lowest BCUT2D eigenvalue weighted by Crippen LogP contribution is -2.24.